The van der Waals surface area contributed by atoms with E-state index in [1.807, 2.05) is 14.0 Å². The van der Waals surface area contributed by atoms with Gasteiger partial charge in [-0.15, -0.1) is 0 Å². The summed E-state index contributed by atoms with van der Waals surface area (Å²) >= 11 is 0. The van der Waals surface area contributed by atoms with E-state index in [2.05, 4.69) is 4.90 Å². The van der Waals surface area contributed by atoms with Crippen LogP contribution in [0.4, 0.5) is 14.5 Å². The number of rotatable bonds is 2. The molecule has 1 saturated heterocycles. The molecule has 1 unspecified atom stereocenters. The second kappa shape index (κ2) is 5.72. The number of nitro groups is 1. The fourth-order valence-electron chi connectivity index (χ4n) is 2.24. The maximum atomic E-state index is 13.8. The molecule has 0 spiro atoms. The van der Waals surface area contributed by atoms with Crippen LogP contribution < -0.4 is 0 Å². The molecule has 1 aromatic carbocycles. The molecule has 1 amide bonds. The fourth-order valence-corrected chi connectivity index (χ4v) is 2.24. The predicted octanol–water partition coefficient (Wildman–Crippen LogP) is 1.65. The average molecular weight is 299 g/mol. The van der Waals surface area contributed by atoms with Gasteiger partial charge in [0.1, 0.15) is 5.82 Å². The molecule has 1 fully saturated rings. The van der Waals surface area contributed by atoms with Gasteiger partial charge in [-0.2, -0.15) is 4.39 Å². The first kappa shape index (κ1) is 15.3. The lowest BCUT2D eigenvalue weighted by Crippen LogP contribution is -2.52. The molecule has 0 saturated carbocycles. The zero-order chi connectivity index (χ0) is 15.7. The van der Waals surface area contributed by atoms with Gasteiger partial charge >= 0.3 is 5.69 Å². The van der Waals surface area contributed by atoms with E-state index >= 15 is 0 Å². The van der Waals surface area contributed by atoms with Gasteiger partial charge in [0.2, 0.25) is 5.82 Å². The van der Waals surface area contributed by atoms with Crippen molar-refractivity contribution in [2.45, 2.75) is 13.0 Å². The first-order chi connectivity index (χ1) is 9.81. The van der Waals surface area contributed by atoms with Crippen LogP contribution in [0.2, 0.25) is 0 Å². The molecule has 1 aromatic rings. The van der Waals surface area contributed by atoms with Crippen LogP contribution in [0.1, 0.15) is 17.3 Å². The van der Waals surface area contributed by atoms with Gasteiger partial charge in [-0.05, 0) is 20.0 Å². The molecule has 1 aliphatic rings. The number of halogens is 2. The van der Waals surface area contributed by atoms with Crippen LogP contribution in [0.15, 0.2) is 12.1 Å². The molecule has 0 aromatic heterocycles. The lowest BCUT2D eigenvalue weighted by atomic mass is 10.1. The molecule has 0 radical (unpaired) electrons. The number of amides is 1. The van der Waals surface area contributed by atoms with Gasteiger partial charge in [-0.3, -0.25) is 14.9 Å². The van der Waals surface area contributed by atoms with E-state index in [1.54, 1.807) is 0 Å². The van der Waals surface area contributed by atoms with Crippen LogP contribution >= 0.6 is 0 Å². The molecule has 1 heterocycles. The third kappa shape index (κ3) is 2.99. The van der Waals surface area contributed by atoms with Gasteiger partial charge in [0, 0.05) is 25.7 Å². The lowest BCUT2D eigenvalue weighted by molar-refractivity contribution is -0.387. The second-order valence-corrected chi connectivity index (χ2v) is 5.12. The smallest absolute Gasteiger partial charge is 0.307 e. The summed E-state index contributed by atoms with van der Waals surface area (Å²) in [5.74, 6) is -2.95. The Balaban J connectivity index is 2.28. The van der Waals surface area contributed by atoms with Crippen LogP contribution in [0.3, 0.4) is 0 Å². The van der Waals surface area contributed by atoms with Crippen molar-refractivity contribution in [1.29, 1.82) is 0 Å². The minimum absolute atomic E-state index is 0.105. The highest BCUT2D eigenvalue weighted by molar-refractivity contribution is 5.95. The summed E-state index contributed by atoms with van der Waals surface area (Å²) in [4.78, 5) is 25.2. The molecule has 1 aliphatic heterocycles. The van der Waals surface area contributed by atoms with E-state index in [1.165, 1.54) is 4.90 Å². The summed E-state index contributed by atoms with van der Waals surface area (Å²) in [6.07, 6.45) is 0. The second-order valence-electron chi connectivity index (χ2n) is 5.12. The molecule has 114 valence electrons. The monoisotopic (exact) mass is 299 g/mol. The fraction of sp³-hybridized carbons (Fsp3) is 0.462. The number of likely N-dealkylation sites (N-methyl/N-ethyl adjacent to an activating group) is 1. The largest absolute Gasteiger partial charge is 0.336 e. The third-order valence-electron chi connectivity index (χ3n) is 3.71. The minimum atomic E-state index is -1.22. The van der Waals surface area contributed by atoms with Crippen LogP contribution in [0, 0.1) is 21.7 Å². The topological polar surface area (TPSA) is 66.7 Å². The molecular weight excluding hydrogens is 284 g/mol. The number of carbonyl (C=O) groups is 1. The zero-order valence-corrected chi connectivity index (χ0v) is 11.7. The first-order valence-corrected chi connectivity index (χ1v) is 6.44. The first-order valence-electron chi connectivity index (χ1n) is 6.44. The van der Waals surface area contributed by atoms with E-state index < -0.39 is 33.7 Å². The standard InChI is InChI=1S/C13H15F2N3O3/c1-8-7-17(4-3-16(8)2)13(19)9-5-11(15)12(18(20)21)6-10(9)14/h5-6,8H,3-4,7H2,1-2H3. The number of hydrogen-bond acceptors (Lipinski definition) is 4. The number of nitrogens with zero attached hydrogens (tertiary/aromatic N) is 3. The summed E-state index contributed by atoms with van der Waals surface area (Å²) < 4.78 is 27.4. The van der Waals surface area contributed by atoms with E-state index in [0.29, 0.717) is 31.8 Å². The minimum Gasteiger partial charge on any atom is -0.336 e. The number of benzene rings is 1. The van der Waals surface area contributed by atoms with Gasteiger partial charge in [-0.1, -0.05) is 0 Å². The Hall–Kier alpha value is -2.09. The van der Waals surface area contributed by atoms with Crippen molar-refractivity contribution in [3.8, 4) is 0 Å². The molecule has 2 rings (SSSR count). The Bertz CT molecular complexity index is 594. The van der Waals surface area contributed by atoms with E-state index in [0.717, 1.165) is 0 Å². The van der Waals surface area contributed by atoms with Gasteiger partial charge in [-0.25, -0.2) is 4.39 Å². The molecule has 6 nitrogen and oxygen atoms in total. The number of hydrogen-bond donors (Lipinski definition) is 0. The Kier molecular flexibility index (Phi) is 4.17. The number of piperazine rings is 1. The number of carbonyl (C=O) groups excluding carboxylic acids is 1. The third-order valence-corrected chi connectivity index (χ3v) is 3.71. The molecule has 0 bridgehead atoms. The summed E-state index contributed by atoms with van der Waals surface area (Å²) in [6, 6.07) is 1.15. The van der Waals surface area contributed by atoms with Crippen molar-refractivity contribution in [1.82, 2.24) is 9.80 Å². The maximum Gasteiger partial charge on any atom is 0.307 e. The van der Waals surface area contributed by atoms with Gasteiger partial charge in [0.05, 0.1) is 16.6 Å². The van der Waals surface area contributed by atoms with E-state index in [-0.39, 0.29) is 6.04 Å². The van der Waals surface area contributed by atoms with E-state index in [4.69, 9.17) is 0 Å². The molecule has 21 heavy (non-hydrogen) atoms. The molecular formula is C13H15F2N3O3. The molecule has 0 N–H and O–H groups in total. The lowest BCUT2D eigenvalue weighted by Gasteiger charge is -2.37. The predicted molar refractivity (Wildman–Crippen MR) is 71.0 cm³/mol. The van der Waals surface area contributed by atoms with Crippen LogP contribution in [-0.2, 0) is 0 Å². The summed E-state index contributed by atoms with van der Waals surface area (Å²) in [5, 5.41) is 10.5. The average Bonchev–Trinajstić information content (AvgIpc) is 2.43. The van der Waals surface area contributed by atoms with Gasteiger partial charge in [0.25, 0.3) is 5.91 Å². The van der Waals surface area contributed by atoms with Crippen molar-refractivity contribution in [2.24, 2.45) is 0 Å². The Morgan fingerprint density at radius 2 is 2.00 bits per heavy atom. The quantitative estimate of drug-likeness (QED) is 0.615. The number of nitro benzene ring substituents is 1. The van der Waals surface area contributed by atoms with Crippen molar-refractivity contribution < 1.29 is 18.5 Å². The molecule has 0 aliphatic carbocycles. The Morgan fingerprint density at radius 3 is 2.57 bits per heavy atom. The van der Waals surface area contributed by atoms with Gasteiger partial charge < -0.3 is 9.80 Å². The van der Waals surface area contributed by atoms with Gasteiger partial charge in [0.15, 0.2) is 0 Å². The van der Waals surface area contributed by atoms with Crippen molar-refractivity contribution >= 4 is 11.6 Å². The van der Waals surface area contributed by atoms with Crippen molar-refractivity contribution in [2.75, 3.05) is 26.7 Å². The van der Waals surface area contributed by atoms with Crippen LogP contribution in [-0.4, -0.2) is 53.4 Å². The van der Waals surface area contributed by atoms with Crippen molar-refractivity contribution in [3.05, 3.63) is 39.4 Å². The highest BCUT2D eigenvalue weighted by Gasteiger charge is 2.29. The SMILES string of the molecule is CC1CN(C(=O)c2cc(F)c([N+](=O)[O-])cc2F)CCN1C. The summed E-state index contributed by atoms with van der Waals surface area (Å²) in [7, 11) is 1.92. The normalized spacial score (nSPS) is 19.6. The van der Waals surface area contributed by atoms with Crippen LogP contribution in [0.5, 0.6) is 0 Å². The summed E-state index contributed by atoms with van der Waals surface area (Å²) in [6.45, 7) is 3.35. The van der Waals surface area contributed by atoms with E-state index in [9.17, 15) is 23.7 Å². The van der Waals surface area contributed by atoms with Crippen molar-refractivity contribution in [3.63, 3.8) is 0 Å². The summed E-state index contributed by atoms with van der Waals surface area (Å²) in [5.41, 5.74) is -1.45. The highest BCUT2D eigenvalue weighted by Crippen LogP contribution is 2.23. The zero-order valence-electron chi connectivity index (χ0n) is 11.7. The maximum absolute atomic E-state index is 13.8. The molecule has 8 heteroatoms. The van der Waals surface area contributed by atoms with Crippen LogP contribution in [0.25, 0.3) is 0 Å². The molecule has 1 atom stereocenters. The Labute approximate surface area is 120 Å². The Morgan fingerprint density at radius 1 is 1.33 bits per heavy atom. The highest BCUT2D eigenvalue weighted by atomic mass is 19.1.